The molecule has 0 saturated carbocycles. The van der Waals surface area contributed by atoms with Crippen molar-refractivity contribution in [3.8, 4) is 0 Å². The van der Waals surface area contributed by atoms with Crippen molar-refractivity contribution in [3.63, 3.8) is 0 Å². The molecule has 0 spiro atoms. The van der Waals surface area contributed by atoms with E-state index in [1.165, 1.54) is 18.2 Å². The van der Waals surface area contributed by atoms with E-state index in [4.69, 9.17) is 0 Å². The molecule has 2 rings (SSSR count). The van der Waals surface area contributed by atoms with Crippen LogP contribution in [0.2, 0.25) is 0 Å². The average Bonchev–Trinajstić information content (AvgIpc) is 2.68. The largest absolute Gasteiger partial charge is 0.384 e. The molecule has 2 aromatic rings. The Morgan fingerprint density at radius 2 is 1.69 bits per heavy atom. The minimum absolute atomic E-state index is 0.0112. The second-order valence-corrected chi connectivity index (χ2v) is 7.33. The highest BCUT2D eigenvalue weighted by Gasteiger charge is 2.24. The van der Waals surface area contributed by atoms with Crippen LogP contribution in [0, 0.1) is 11.6 Å². The molecule has 2 unspecified atom stereocenters. The molecule has 0 saturated heterocycles. The van der Waals surface area contributed by atoms with Gasteiger partial charge in [-0.05, 0) is 45.6 Å². The summed E-state index contributed by atoms with van der Waals surface area (Å²) in [6.07, 6.45) is 0. The van der Waals surface area contributed by atoms with Crippen LogP contribution in [0.25, 0.3) is 0 Å². The third-order valence-corrected chi connectivity index (χ3v) is 4.70. The molecule has 158 valence electrons. The van der Waals surface area contributed by atoms with Gasteiger partial charge in [0.15, 0.2) is 5.96 Å². The number of likely N-dealkylation sites (N-methyl/N-ethyl adjacent to an activating group) is 1. The van der Waals surface area contributed by atoms with Gasteiger partial charge in [0.05, 0.1) is 12.6 Å². The summed E-state index contributed by atoms with van der Waals surface area (Å²) in [4.78, 5) is 6.22. The summed E-state index contributed by atoms with van der Waals surface area (Å²) in [5.74, 6) is -0.703. The molecule has 0 aliphatic carbocycles. The molecule has 0 aliphatic heterocycles. The van der Waals surface area contributed by atoms with Gasteiger partial charge in [-0.2, -0.15) is 0 Å². The number of hydrogen-bond acceptors (Lipinski definition) is 3. The SMILES string of the molecule is CCNC(=NCC(C)(O)c1ccccc1)NCC(c1c(F)cccc1F)N(C)C. The zero-order valence-corrected chi connectivity index (χ0v) is 17.4. The maximum absolute atomic E-state index is 14.3. The molecule has 3 N–H and O–H groups in total. The molecule has 0 radical (unpaired) electrons. The summed E-state index contributed by atoms with van der Waals surface area (Å²) in [6.45, 7) is 4.61. The number of aliphatic hydroxyl groups is 1. The number of aliphatic imine (C=N–C) groups is 1. The smallest absolute Gasteiger partial charge is 0.191 e. The lowest BCUT2D eigenvalue weighted by molar-refractivity contribution is 0.0672. The number of halogens is 2. The van der Waals surface area contributed by atoms with Gasteiger partial charge in [0.25, 0.3) is 0 Å². The van der Waals surface area contributed by atoms with Gasteiger partial charge in [-0.15, -0.1) is 0 Å². The summed E-state index contributed by atoms with van der Waals surface area (Å²) in [5.41, 5.74) is -0.362. The first kappa shape index (κ1) is 22.8. The molecule has 2 aromatic carbocycles. The van der Waals surface area contributed by atoms with Crippen LogP contribution in [-0.2, 0) is 5.60 Å². The number of hydrogen-bond donors (Lipinski definition) is 3. The van der Waals surface area contributed by atoms with E-state index in [1.807, 2.05) is 37.3 Å². The minimum atomic E-state index is -1.14. The Morgan fingerprint density at radius 1 is 1.07 bits per heavy atom. The number of nitrogens with zero attached hydrogens (tertiary/aromatic N) is 2. The Balaban J connectivity index is 2.15. The van der Waals surface area contributed by atoms with Crippen LogP contribution in [0.3, 0.4) is 0 Å². The third-order valence-electron chi connectivity index (χ3n) is 4.70. The van der Waals surface area contributed by atoms with Gasteiger partial charge in [-0.25, -0.2) is 13.8 Å². The standard InChI is InChI=1S/C22H30F2N4O/c1-5-25-21(27-15-22(2,29)16-10-7-6-8-11-16)26-14-19(28(3)4)20-17(23)12-9-13-18(20)24/h6-13,19,29H,5,14-15H2,1-4H3,(H2,25,26,27). The van der Waals surface area contributed by atoms with Crippen molar-refractivity contribution in [2.45, 2.75) is 25.5 Å². The Hall–Kier alpha value is -2.51. The van der Waals surface area contributed by atoms with E-state index in [0.29, 0.717) is 12.5 Å². The fourth-order valence-electron chi connectivity index (χ4n) is 3.03. The lowest BCUT2D eigenvalue weighted by Crippen LogP contribution is -2.43. The predicted molar refractivity (Wildman–Crippen MR) is 113 cm³/mol. The van der Waals surface area contributed by atoms with Crippen LogP contribution < -0.4 is 10.6 Å². The van der Waals surface area contributed by atoms with Crippen LogP contribution in [0.4, 0.5) is 8.78 Å². The van der Waals surface area contributed by atoms with Gasteiger partial charge >= 0.3 is 0 Å². The topological polar surface area (TPSA) is 59.9 Å². The van der Waals surface area contributed by atoms with Crippen LogP contribution >= 0.6 is 0 Å². The number of rotatable bonds is 8. The molecule has 0 bridgehead atoms. The lowest BCUT2D eigenvalue weighted by atomic mass is 9.96. The maximum atomic E-state index is 14.3. The van der Waals surface area contributed by atoms with Gasteiger partial charge in [0, 0.05) is 18.7 Å². The van der Waals surface area contributed by atoms with Crippen molar-refractivity contribution in [2.75, 3.05) is 33.7 Å². The Kier molecular flexibility index (Phi) is 8.10. The van der Waals surface area contributed by atoms with E-state index in [1.54, 1.807) is 25.9 Å². The molecule has 5 nitrogen and oxygen atoms in total. The summed E-state index contributed by atoms with van der Waals surface area (Å²) in [7, 11) is 3.53. The van der Waals surface area contributed by atoms with Gasteiger partial charge in [0.2, 0.25) is 0 Å². The van der Waals surface area contributed by atoms with Crippen molar-refractivity contribution in [2.24, 2.45) is 4.99 Å². The van der Waals surface area contributed by atoms with Crippen molar-refractivity contribution < 1.29 is 13.9 Å². The Labute approximate surface area is 171 Å². The van der Waals surface area contributed by atoms with E-state index in [2.05, 4.69) is 15.6 Å². The van der Waals surface area contributed by atoms with E-state index in [0.717, 1.165) is 5.56 Å². The number of guanidine groups is 1. The molecule has 29 heavy (non-hydrogen) atoms. The maximum Gasteiger partial charge on any atom is 0.191 e. The van der Waals surface area contributed by atoms with Crippen molar-refractivity contribution in [1.29, 1.82) is 0 Å². The van der Waals surface area contributed by atoms with E-state index >= 15 is 0 Å². The summed E-state index contributed by atoms with van der Waals surface area (Å²) in [5, 5.41) is 17.0. The molecule has 0 aliphatic rings. The molecule has 0 fully saturated rings. The number of benzene rings is 2. The highest BCUT2D eigenvalue weighted by Crippen LogP contribution is 2.24. The minimum Gasteiger partial charge on any atom is -0.384 e. The first-order valence-corrected chi connectivity index (χ1v) is 9.66. The third kappa shape index (κ3) is 6.24. The second-order valence-electron chi connectivity index (χ2n) is 7.33. The van der Waals surface area contributed by atoms with Gasteiger partial charge in [0.1, 0.15) is 17.2 Å². The van der Waals surface area contributed by atoms with Crippen LogP contribution in [0.1, 0.15) is 31.0 Å². The molecule has 7 heteroatoms. The second kappa shape index (κ2) is 10.3. The monoisotopic (exact) mass is 404 g/mol. The molecular formula is C22H30F2N4O. The predicted octanol–water partition coefficient (Wildman–Crippen LogP) is 3.03. The zero-order valence-electron chi connectivity index (χ0n) is 17.4. The summed E-state index contributed by atoms with van der Waals surface area (Å²) >= 11 is 0. The van der Waals surface area contributed by atoms with Crippen LogP contribution in [0.5, 0.6) is 0 Å². The summed E-state index contributed by atoms with van der Waals surface area (Å²) in [6, 6.07) is 12.6. The average molecular weight is 405 g/mol. The molecule has 0 heterocycles. The highest BCUT2D eigenvalue weighted by atomic mass is 19.1. The van der Waals surface area contributed by atoms with E-state index in [9.17, 15) is 13.9 Å². The van der Waals surface area contributed by atoms with Crippen LogP contribution in [0.15, 0.2) is 53.5 Å². The Bertz CT molecular complexity index is 789. The van der Waals surface area contributed by atoms with E-state index in [-0.39, 0.29) is 18.7 Å². The van der Waals surface area contributed by atoms with Gasteiger partial charge < -0.3 is 20.6 Å². The fraction of sp³-hybridized carbons (Fsp3) is 0.409. The zero-order chi connectivity index (χ0) is 21.4. The lowest BCUT2D eigenvalue weighted by Gasteiger charge is -2.27. The van der Waals surface area contributed by atoms with Gasteiger partial charge in [-0.3, -0.25) is 0 Å². The fourth-order valence-corrected chi connectivity index (χ4v) is 3.03. The molecule has 2 atom stereocenters. The van der Waals surface area contributed by atoms with Crippen molar-refractivity contribution in [3.05, 3.63) is 71.3 Å². The Morgan fingerprint density at radius 3 is 2.24 bits per heavy atom. The van der Waals surface area contributed by atoms with Gasteiger partial charge in [-0.1, -0.05) is 36.4 Å². The normalized spacial score (nSPS) is 15.1. The highest BCUT2D eigenvalue weighted by molar-refractivity contribution is 5.79. The molecule has 0 aromatic heterocycles. The first-order chi connectivity index (χ1) is 13.8. The van der Waals surface area contributed by atoms with Crippen LogP contribution in [-0.4, -0.2) is 49.7 Å². The summed E-state index contributed by atoms with van der Waals surface area (Å²) < 4.78 is 28.5. The molecular weight excluding hydrogens is 374 g/mol. The quantitative estimate of drug-likeness (QED) is 0.468. The van der Waals surface area contributed by atoms with E-state index < -0.39 is 23.3 Å². The van der Waals surface area contributed by atoms with Crippen molar-refractivity contribution >= 4 is 5.96 Å². The number of nitrogens with one attached hydrogen (secondary N) is 2. The van der Waals surface area contributed by atoms with Crippen molar-refractivity contribution in [1.82, 2.24) is 15.5 Å². The first-order valence-electron chi connectivity index (χ1n) is 9.66. The molecule has 0 amide bonds.